The Bertz CT molecular complexity index is 1320. The second-order valence-corrected chi connectivity index (χ2v) is 9.21. The van der Waals surface area contributed by atoms with Gasteiger partial charge in [-0.2, -0.15) is 0 Å². The quantitative estimate of drug-likeness (QED) is 0.481. The van der Waals surface area contributed by atoms with Crippen LogP contribution in [0, 0.1) is 5.82 Å². The van der Waals surface area contributed by atoms with E-state index in [1.807, 2.05) is 6.07 Å². The van der Waals surface area contributed by atoms with E-state index in [-0.39, 0.29) is 24.1 Å². The molecule has 0 bridgehead atoms. The molecule has 2 aliphatic rings. The zero-order valence-corrected chi connectivity index (χ0v) is 20.0. The smallest absolute Gasteiger partial charge is 0.304 e. The van der Waals surface area contributed by atoms with E-state index in [4.69, 9.17) is 19.3 Å². The lowest BCUT2D eigenvalue weighted by atomic mass is 9.98. The highest BCUT2D eigenvalue weighted by molar-refractivity contribution is 5.93. The van der Waals surface area contributed by atoms with Gasteiger partial charge in [-0.1, -0.05) is 6.07 Å². The molecule has 1 aliphatic heterocycles. The molecule has 7 nitrogen and oxygen atoms in total. The van der Waals surface area contributed by atoms with Crippen molar-refractivity contribution in [2.45, 2.75) is 31.3 Å². The molecular formula is C28H26FNO6. The second kappa shape index (κ2) is 9.53. The average molecular weight is 492 g/mol. The molecule has 0 saturated carbocycles. The van der Waals surface area contributed by atoms with E-state index in [0.717, 1.165) is 11.1 Å². The van der Waals surface area contributed by atoms with E-state index in [0.29, 0.717) is 53.6 Å². The molecule has 0 unspecified atom stereocenters. The first-order valence-corrected chi connectivity index (χ1v) is 11.8. The van der Waals surface area contributed by atoms with Gasteiger partial charge in [0.25, 0.3) is 5.91 Å². The molecule has 0 fully saturated rings. The van der Waals surface area contributed by atoms with Crippen LogP contribution in [-0.2, 0) is 11.2 Å². The Labute approximate surface area is 208 Å². The lowest BCUT2D eigenvalue weighted by Gasteiger charge is -2.17. The highest BCUT2D eigenvalue weighted by Crippen LogP contribution is 2.44. The molecule has 0 saturated heterocycles. The number of hydrogen-bond acceptors (Lipinski definition) is 5. The Morgan fingerprint density at radius 1 is 1.08 bits per heavy atom. The summed E-state index contributed by atoms with van der Waals surface area (Å²) in [7, 11) is 3.39. The number of carboxylic acids is 1. The molecule has 8 heteroatoms. The van der Waals surface area contributed by atoms with Gasteiger partial charge in [-0.3, -0.25) is 9.59 Å². The number of nitrogens with zero attached hydrogens (tertiary/aromatic N) is 1. The van der Waals surface area contributed by atoms with Crippen LogP contribution in [0.3, 0.4) is 0 Å². The average Bonchev–Trinajstić information content (AvgIpc) is 3.45. The minimum absolute atomic E-state index is 0.00583. The van der Waals surface area contributed by atoms with E-state index in [1.54, 1.807) is 56.6 Å². The van der Waals surface area contributed by atoms with Gasteiger partial charge in [0, 0.05) is 48.3 Å². The first kappa shape index (κ1) is 23.7. The molecule has 1 amide bonds. The number of rotatable bonds is 7. The largest absolute Gasteiger partial charge is 0.492 e. The standard InChI is InChI=1S/C28H26FNO6/c1-30(2)28(33)16-3-5-18(6-4-16)35-23-12-10-22(29)27-21(23)9-11-24(27)36-19-7-8-20-17(13-26(31)32)15-34-25(20)14-19/h3-8,10,12,14,17,24H,9,11,13,15H2,1-2H3,(H,31,32)/t17-,24-/m1/s1. The summed E-state index contributed by atoms with van der Waals surface area (Å²) in [4.78, 5) is 24.7. The van der Waals surface area contributed by atoms with Gasteiger partial charge in [0.05, 0.1) is 13.0 Å². The number of benzene rings is 3. The second-order valence-electron chi connectivity index (χ2n) is 9.21. The van der Waals surface area contributed by atoms with Crippen molar-refractivity contribution in [3.8, 4) is 23.0 Å². The Hall–Kier alpha value is -4.07. The third kappa shape index (κ3) is 4.58. The summed E-state index contributed by atoms with van der Waals surface area (Å²) in [5, 5.41) is 9.09. The lowest BCUT2D eigenvalue weighted by molar-refractivity contribution is -0.137. The molecule has 0 radical (unpaired) electrons. The molecular weight excluding hydrogens is 465 g/mol. The van der Waals surface area contributed by atoms with E-state index in [1.165, 1.54) is 11.0 Å². The maximum absolute atomic E-state index is 14.9. The topological polar surface area (TPSA) is 85.3 Å². The molecule has 1 heterocycles. The number of carboxylic acid groups (broad SMARTS) is 1. The number of carbonyl (C=O) groups excluding carboxylic acids is 1. The van der Waals surface area contributed by atoms with Crippen LogP contribution in [0.2, 0.25) is 0 Å². The number of aliphatic carboxylic acids is 1. The van der Waals surface area contributed by atoms with Crippen LogP contribution in [0.5, 0.6) is 23.0 Å². The molecule has 186 valence electrons. The van der Waals surface area contributed by atoms with Gasteiger partial charge in [-0.05, 0) is 55.3 Å². The molecule has 2 atom stereocenters. The van der Waals surface area contributed by atoms with Crippen molar-refractivity contribution in [1.82, 2.24) is 4.90 Å². The first-order valence-electron chi connectivity index (χ1n) is 11.8. The van der Waals surface area contributed by atoms with Crippen LogP contribution in [-0.4, -0.2) is 42.6 Å². The van der Waals surface area contributed by atoms with E-state index < -0.39 is 12.1 Å². The Kier molecular flexibility index (Phi) is 6.26. The maximum atomic E-state index is 14.9. The number of halogens is 1. The van der Waals surface area contributed by atoms with Crippen LogP contribution in [0.4, 0.5) is 4.39 Å². The minimum atomic E-state index is -0.870. The minimum Gasteiger partial charge on any atom is -0.492 e. The van der Waals surface area contributed by atoms with Crippen molar-refractivity contribution >= 4 is 11.9 Å². The number of carbonyl (C=O) groups is 2. The fourth-order valence-corrected chi connectivity index (χ4v) is 4.78. The summed E-state index contributed by atoms with van der Waals surface area (Å²) in [5.41, 5.74) is 2.62. The van der Waals surface area contributed by atoms with E-state index >= 15 is 0 Å². The number of ether oxygens (including phenoxy) is 3. The van der Waals surface area contributed by atoms with Crippen LogP contribution < -0.4 is 14.2 Å². The summed E-state index contributed by atoms with van der Waals surface area (Å²) < 4.78 is 32.8. The number of fused-ring (bicyclic) bond motifs is 2. The van der Waals surface area contributed by atoms with E-state index in [9.17, 15) is 14.0 Å². The predicted octanol–water partition coefficient (Wildman–Crippen LogP) is 5.34. The Balaban J connectivity index is 1.33. The summed E-state index contributed by atoms with van der Waals surface area (Å²) in [6.45, 7) is 0.316. The van der Waals surface area contributed by atoms with Gasteiger partial charge in [0.2, 0.25) is 0 Å². The predicted molar refractivity (Wildman–Crippen MR) is 130 cm³/mol. The van der Waals surface area contributed by atoms with Crippen LogP contribution in [0.25, 0.3) is 0 Å². The summed E-state index contributed by atoms with van der Waals surface area (Å²) >= 11 is 0. The van der Waals surface area contributed by atoms with Gasteiger partial charge < -0.3 is 24.2 Å². The molecule has 36 heavy (non-hydrogen) atoms. The fraction of sp³-hybridized carbons (Fsp3) is 0.286. The first-order chi connectivity index (χ1) is 17.3. The van der Waals surface area contributed by atoms with E-state index in [2.05, 4.69) is 0 Å². The molecule has 0 spiro atoms. The van der Waals surface area contributed by atoms with Crippen molar-refractivity contribution in [1.29, 1.82) is 0 Å². The maximum Gasteiger partial charge on any atom is 0.304 e. The molecule has 3 aromatic rings. The third-order valence-electron chi connectivity index (χ3n) is 6.54. The van der Waals surface area contributed by atoms with Gasteiger partial charge >= 0.3 is 5.97 Å². The summed E-state index contributed by atoms with van der Waals surface area (Å²) in [6.07, 6.45) is 0.693. The van der Waals surface area contributed by atoms with Crippen LogP contribution in [0.1, 0.15) is 51.9 Å². The van der Waals surface area contributed by atoms with Crippen molar-refractivity contribution < 1.29 is 33.3 Å². The molecule has 0 aromatic heterocycles. The monoisotopic (exact) mass is 491 g/mol. The van der Waals surface area contributed by atoms with Crippen LogP contribution >= 0.6 is 0 Å². The third-order valence-corrected chi connectivity index (χ3v) is 6.54. The van der Waals surface area contributed by atoms with Gasteiger partial charge in [0.15, 0.2) is 0 Å². The molecule has 1 N–H and O–H groups in total. The molecule has 5 rings (SSSR count). The molecule has 3 aromatic carbocycles. The highest BCUT2D eigenvalue weighted by atomic mass is 19.1. The highest BCUT2D eigenvalue weighted by Gasteiger charge is 2.32. The SMILES string of the molecule is CN(C)C(=O)c1ccc(Oc2ccc(F)c3c2CC[C@H]3Oc2ccc3c(c2)OC[C@H]3CC(=O)O)cc1. The number of hydrogen-bond donors (Lipinski definition) is 1. The zero-order valence-electron chi connectivity index (χ0n) is 20.0. The number of amides is 1. The zero-order chi connectivity index (χ0) is 25.4. The lowest BCUT2D eigenvalue weighted by Crippen LogP contribution is -2.21. The normalized spacial score (nSPS) is 17.6. The Morgan fingerprint density at radius 2 is 1.83 bits per heavy atom. The Morgan fingerprint density at radius 3 is 2.56 bits per heavy atom. The van der Waals surface area contributed by atoms with Gasteiger partial charge in [-0.25, -0.2) is 4.39 Å². The summed E-state index contributed by atoms with van der Waals surface area (Å²) in [5.74, 6) is 0.731. The molecule has 1 aliphatic carbocycles. The van der Waals surface area contributed by atoms with Crippen molar-refractivity contribution in [2.24, 2.45) is 0 Å². The van der Waals surface area contributed by atoms with Crippen molar-refractivity contribution in [3.05, 3.63) is 82.7 Å². The van der Waals surface area contributed by atoms with Gasteiger partial charge in [-0.15, -0.1) is 0 Å². The van der Waals surface area contributed by atoms with Crippen molar-refractivity contribution in [3.63, 3.8) is 0 Å². The van der Waals surface area contributed by atoms with Crippen molar-refractivity contribution in [2.75, 3.05) is 20.7 Å². The van der Waals surface area contributed by atoms with Gasteiger partial charge in [0.1, 0.15) is 34.9 Å². The van der Waals surface area contributed by atoms with Crippen LogP contribution in [0.15, 0.2) is 54.6 Å². The fourth-order valence-electron chi connectivity index (χ4n) is 4.78. The summed E-state index contributed by atoms with van der Waals surface area (Å²) in [6, 6.07) is 15.2.